The molecule has 0 saturated heterocycles. The Morgan fingerprint density at radius 2 is 1.79 bits per heavy atom. The lowest BCUT2D eigenvalue weighted by Crippen LogP contribution is -2.31. The second-order valence-corrected chi connectivity index (χ2v) is 4.86. The van der Waals surface area contributed by atoms with Crippen LogP contribution >= 0.6 is 0 Å². The normalized spacial score (nSPS) is 21.3. The standard InChI is InChI=1S/C13H12N2O4/c1-13(2)7-3-4-9(10(8-13)15(18)19)14-11(16)5-6-12(14)17/h3-8H,1-2H3. The van der Waals surface area contributed by atoms with E-state index in [9.17, 15) is 19.7 Å². The van der Waals surface area contributed by atoms with Crippen LogP contribution in [-0.4, -0.2) is 21.6 Å². The first-order valence-corrected chi connectivity index (χ1v) is 5.65. The van der Waals surface area contributed by atoms with Crippen molar-refractivity contribution >= 4 is 11.8 Å². The zero-order valence-corrected chi connectivity index (χ0v) is 10.5. The topological polar surface area (TPSA) is 80.5 Å². The fourth-order valence-electron chi connectivity index (χ4n) is 1.92. The summed E-state index contributed by atoms with van der Waals surface area (Å²) in [5.41, 5.74) is -0.785. The van der Waals surface area contributed by atoms with Gasteiger partial charge in [0.1, 0.15) is 5.70 Å². The molecule has 0 spiro atoms. The third-order valence-corrected chi connectivity index (χ3v) is 2.80. The quantitative estimate of drug-likeness (QED) is 0.428. The number of nitrogens with zero attached hydrogens (tertiary/aromatic N) is 2. The van der Waals surface area contributed by atoms with Gasteiger partial charge in [-0.2, -0.15) is 0 Å². The van der Waals surface area contributed by atoms with Crippen molar-refractivity contribution in [3.63, 3.8) is 0 Å². The highest BCUT2D eigenvalue weighted by atomic mass is 16.6. The number of allylic oxidation sites excluding steroid dienone is 4. The van der Waals surface area contributed by atoms with Gasteiger partial charge < -0.3 is 0 Å². The van der Waals surface area contributed by atoms with Crippen LogP contribution in [0.15, 0.2) is 47.9 Å². The first-order valence-electron chi connectivity index (χ1n) is 5.65. The maximum Gasteiger partial charge on any atom is 0.290 e. The monoisotopic (exact) mass is 260 g/mol. The van der Waals surface area contributed by atoms with E-state index in [0.717, 1.165) is 17.1 Å². The molecule has 0 aromatic rings. The molecule has 0 N–H and O–H groups in total. The number of rotatable bonds is 2. The van der Waals surface area contributed by atoms with E-state index in [4.69, 9.17) is 0 Å². The van der Waals surface area contributed by atoms with Crippen LogP contribution in [0.5, 0.6) is 0 Å². The van der Waals surface area contributed by atoms with Crippen molar-refractivity contribution in [2.24, 2.45) is 5.41 Å². The van der Waals surface area contributed by atoms with Crippen molar-refractivity contribution in [3.8, 4) is 0 Å². The van der Waals surface area contributed by atoms with Crippen LogP contribution in [0.1, 0.15) is 13.8 Å². The summed E-state index contributed by atoms with van der Waals surface area (Å²) in [7, 11) is 0. The Balaban J connectivity index is 2.52. The number of carbonyl (C=O) groups is 2. The van der Waals surface area contributed by atoms with Crippen LogP contribution < -0.4 is 0 Å². The van der Waals surface area contributed by atoms with Crippen molar-refractivity contribution in [2.45, 2.75) is 13.8 Å². The molecule has 1 heterocycles. The van der Waals surface area contributed by atoms with Crippen molar-refractivity contribution in [3.05, 3.63) is 58.0 Å². The molecule has 6 nitrogen and oxygen atoms in total. The van der Waals surface area contributed by atoms with E-state index in [1.807, 2.05) is 0 Å². The van der Waals surface area contributed by atoms with E-state index in [-0.39, 0.29) is 11.4 Å². The summed E-state index contributed by atoms with van der Waals surface area (Å²) < 4.78 is 0. The summed E-state index contributed by atoms with van der Waals surface area (Å²) in [6.45, 7) is 3.60. The van der Waals surface area contributed by atoms with E-state index in [2.05, 4.69) is 0 Å². The highest BCUT2D eigenvalue weighted by molar-refractivity contribution is 6.14. The molecule has 0 unspecified atom stereocenters. The van der Waals surface area contributed by atoms with E-state index < -0.39 is 22.2 Å². The summed E-state index contributed by atoms with van der Waals surface area (Å²) in [5, 5.41) is 11.2. The minimum absolute atomic E-state index is 0.00757. The van der Waals surface area contributed by atoms with Gasteiger partial charge in [-0.3, -0.25) is 19.7 Å². The third kappa shape index (κ3) is 2.37. The Morgan fingerprint density at radius 3 is 2.32 bits per heavy atom. The predicted octanol–water partition coefficient (Wildman–Crippen LogP) is 1.55. The van der Waals surface area contributed by atoms with Gasteiger partial charge in [-0.25, -0.2) is 4.90 Å². The number of amides is 2. The summed E-state index contributed by atoms with van der Waals surface area (Å²) in [5.74, 6) is -1.14. The number of nitro groups is 1. The molecule has 0 radical (unpaired) electrons. The second-order valence-electron chi connectivity index (χ2n) is 4.86. The van der Waals surface area contributed by atoms with Gasteiger partial charge in [0.25, 0.3) is 17.5 Å². The molecule has 0 saturated carbocycles. The number of imide groups is 1. The van der Waals surface area contributed by atoms with Gasteiger partial charge in [-0.1, -0.05) is 26.0 Å². The minimum atomic E-state index is -0.584. The molecule has 0 fully saturated rings. The molecule has 0 bridgehead atoms. The molecule has 2 rings (SSSR count). The van der Waals surface area contributed by atoms with Gasteiger partial charge in [0.2, 0.25) is 0 Å². The first kappa shape index (κ1) is 12.9. The average Bonchev–Trinajstić information content (AvgIpc) is 2.53. The number of carbonyl (C=O) groups excluding carboxylic acids is 2. The molecule has 0 aromatic carbocycles. The molecule has 6 heteroatoms. The van der Waals surface area contributed by atoms with Gasteiger partial charge in [-0.15, -0.1) is 0 Å². The summed E-state index contributed by atoms with van der Waals surface area (Å²) in [6.07, 6.45) is 8.41. The molecule has 0 aromatic heterocycles. The molecule has 19 heavy (non-hydrogen) atoms. The van der Waals surface area contributed by atoms with Crippen molar-refractivity contribution in [2.75, 3.05) is 0 Å². The SMILES string of the molecule is CC1(C)C=CC=C(N2C(=O)C=CC2=O)C([N+](=O)[O-])=C1. The molecule has 0 atom stereocenters. The third-order valence-electron chi connectivity index (χ3n) is 2.80. The molecule has 1 aliphatic carbocycles. The maximum absolute atomic E-state index is 11.6. The maximum atomic E-state index is 11.6. The molecular formula is C13H12N2O4. The zero-order valence-electron chi connectivity index (χ0n) is 10.5. The van der Waals surface area contributed by atoms with Gasteiger partial charge in [0, 0.05) is 23.6 Å². The lowest BCUT2D eigenvalue weighted by molar-refractivity contribution is -0.422. The van der Waals surface area contributed by atoms with Gasteiger partial charge >= 0.3 is 0 Å². The largest absolute Gasteiger partial charge is 0.290 e. The smallest absolute Gasteiger partial charge is 0.269 e. The molecular weight excluding hydrogens is 248 g/mol. The summed E-state index contributed by atoms with van der Waals surface area (Å²) in [4.78, 5) is 34.7. The predicted molar refractivity (Wildman–Crippen MR) is 67.1 cm³/mol. The Labute approximate surface area is 109 Å². The Hall–Kier alpha value is -2.50. The molecule has 1 aliphatic heterocycles. The molecule has 2 amide bonds. The van der Waals surface area contributed by atoms with Crippen LogP contribution in [0.2, 0.25) is 0 Å². The Morgan fingerprint density at radius 1 is 1.21 bits per heavy atom. The van der Waals surface area contributed by atoms with Crippen molar-refractivity contribution in [1.29, 1.82) is 0 Å². The van der Waals surface area contributed by atoms with E-state index in [1.54, 1.807) is 26.0 Å². The average molecular weight is 260 g/mol. The van der Waals surface area contributed by atoms with Crippen molar-refractivity contribution < 1.29 is 14.5 Å². The lowest BCUT2D eigenvalue weighted by Gasteiger charge is -2.17. The lowest BCUT2D eigenvalue weighted by atomic mass is 9.92. The van der Waals surface area contributed by atoms with Crippen LogP contribution in [0.3, 0.4) is 0 Å². The van der Waals surface area contributed by atoms with Crippen LogP contribution in [0, 0.1) is 15.5 Å². The van der Waals surface area contributed by atoms with E-state index >= 15 is 0 Å². The van der Waals surface area contributed by atoms with Gasteiger partial charge in [-0.05, 0) is 6.08 Å². The van der Waals surface area contributed by atoms with Crippen molar-refractivity contribution in [1.82, 2.24) is 4.90 Å². The van der Waals surface area contributed by atoms with E-state index in [0.29, 0.717) is 0 Å². The number of hydrogen-bond acceptors (Lipinski definition) is 4. The van der Waals surface area contributed by atoms with Crippen LogP contribution in [0.25, 0.3) is 0 Å². The number of hydrogen-bond donors (Lipinski definition) is 0. The van der Waals surface area contributed by atoms with Crippen LogP contribution in [-0.2, 0) is 9.59 Å². The fraction of sp³-hybridized carbons (Fsp3) is 0.231. The Kier molecular flexibility index (Phi) is 2.94. The summed E-state index contributed by atoms with van der Waals surface area (Å²) in [6, 6.07) is 0. The Bertz CT molecular complexity index is 576. The van der Waals surface area contributed by atoms with Gasteiger partial charge in [0.05, 0.1) is 4.92 Å². The fourth-order valence-corrected chi connectivity index (χ4v) is 1.92. The zero-order chi connectivity index (χ0) is 14.2. The van der Waals surface area contributed by atoms with Gasteiger partial charge in [0.15, 0.2) is 0 Å². The first-order chi connectivity index (χ1) is 8.82. The van der Waals surface area contributed by atoms with E-state index in [1.165, 1.54) is 12.2 Å². The molecule has 2 aliphatic rings. The molecule has 98 valence electrons. The van der Waals surface area contributed by atoms with Crippen LogP contribution in [0.4, 0.5) is 0 Å². The highest BCUT2D eigenvalue weighted by Gasteiger charge is 2.35. The second kappa shape index (κ2) is 4.31. The minimum Gasteiger partial charge on any atom is -0.269 e. The summed E-state index contributed by atoms with van der Waals surface area (Å²) >= 11 is 0. The highest BCUT2D eigenvalue weighted by Crippen LogP contribution is 2.30.